The third-order valence-corrected chi connectivity index (χ3v) is 7.22. The second-order valence-electron chi connectivity index (χ2n) is 7.08. The van der Waals surface area contributed by atoms with Crippen LogP contribution in [0.4, 0.5) is 0 Å². The van der Waals surface area contributed by atoms with Crippen LogP contribution in [-0.4, -0.2) is 48.1 Å². The van der Waals surface area contributed by atoms with Gasteiger partial charge in [-0.2, -0.15) is 4.31 Å². The fraction of sp³-hybridized carbons (Fsp3) is 0.588. The lowest BCUT2D eigenvalue weighted by molar-refractivity contribution is -0.126. The van der Waals surface area contributed by atoms with Gasteiger partial charge >= 0.3 is 0 Å². The summed E-state index contributed by atoms with van der Waals surface area (Å²) in [6, 6.07) is 5.01. The van der Waals surface area contributed by atoms with Crippen molar-refractivity contribution in [3.05, 3.63) is 18.2 Å². The molecule has 0 radical (unpaired) electrons. The molecular weight excluding hydrogens is 356 g/mol. The number of rotatable bonds is 4. The lowest BCUT2D eigenvalue weighted by atomic mass is 9.98. The standard InChI is InChI=1S/C17H22N4O4S/c22-17(18-13-6-1-2-7-13)12-5-4-10-21(11-12)26(23,24)15-9-3-8-14-16(15)20-25-19-14/h3,8-9,12-13H,1-2,4-7,10-11H2,(H,18,22). The SMILES string of the molecule is O=C(NC1CCCC1)C1CCCN(S(=O)(=O)c2cccc3nonc23)C1. The zero-order chi connectivity index (χ0) is 18.1. The first-order chi connectivity index (χ1) is 12.6. The van der Waals surface area contributed by atoms with Crippen LogP contribution in [0.2, 0.25) is 0 Å². The number of nitrogens with zero attached hydrogens (tertiary/aromatic N) is 3. The van der Waals surface area contributed by atoms with E-state index in [4.69, 9.17) is 0 Å². The first-order valence-corrected chi connectivity index (χ1v) is 10.5. The zero-order valence-corrected chi connectivity index (χ0v) is 15.2. The van der Waals surface area contributed by atoms with Crippen LogP contribution in [0.5, 0.6) is 0 Å². The molecule has 2 fully saturated rings. The van der Waals surface area contributed by atoms with E-state index in [2.05, 4.69) is 20.3 Å². The Morgan fingerprint density at radius 3 is 2.77 bits per heavy atom. The minimum absolute atomic E-state index is 0.0295. The Kier molecular flexibility index (Phi) is 4.66. The van der Waals surface area contributed by atoms with Crippen molar-refractivity contribution in [1.29, 1.82) is 0 Å². The number of aromatic nitrogens is 2. The number of hydrogen-bond donors (Lipinski definition) is 1. The molecule has 2 heterocycles. The molecule has 1 N–H and O–H groups in total. The molecule has 2 aliphatic rings. The molecular formula is C17H22N4O4S. The number of nitrogens with one attached hydrogen (secondary N) is 1. The maximum atomic E-state index is 13.1. The van der Waals surface area contributed by atoms with Gasteiger partial charge in [0.2, 0.25) is 15.9 Å². The molecule has 26 heavy (non-hydrogen) atoms. The predicted molar refractivity (Wildman–Crippen MR) is 93.7 cm³/mol. The first-order valence-electron chi connectivity index (χ1n) is 9.07. The highest BCUT2D eigenvalue weighted by Crippen LogP contribution is 2.28. The van der Waals surface area contributed by atoms with Crippen LogP contribution in [0.25, 0.3) is 11.0 Å². The number of piperidine rings is 1. The highest BCUT2D eigenvalue weighted by atomic mass is 32.2. The van der Waals surface area contributed by atoms with Gasteiger partial charge in [0.1, 0.15) is 10.4 Å². The predicted octanol–water partition coefficient (Wildman–Crippen LogP) is 1.68. The molecule has 1 atom stereocenters. The molecule has 1 aromatic heterocycles. The quantitative estimate of drug-likeness (QED) is 0.868. The summed E-state index contributed by atoms with van der Waals surface area (Å²) in [4.78, 5) is 12.6. The number of carbonyl (C=O) groups is 1. The van der Waals surface area contributed by atoms with E-state index in [0.717, 1.165) is 25.7 Å². The third kappa shape index (κ3) is 3.21. The smallest absolute Gasteiger partial charge is 0.245 e. The topological polar surface area (TPSA) is 105 Å². The average Bonchev–Trinajstić information content (AvgIpc) is 3.32. The van der Waals surface area contributed by atoms with E-state index < -0.39 is 10.0 Å². The molecule has 140 valence electrons. The summed E-state index contributed by atoms with van der Waals surface area (Å²) in [5, 5.41) is 10.5. The molecule has 1 saturated carbocycles. The molecule has 8 nitrogen and oxygen atoms in total. The lowest BCUT2D eigenvalue weighted by Gasteiger charge is -2.31. The number of carbonyl (C=O) groups excluding carboxylic acids is 1. The van der Waals surface area contributed by atoms with Crippen LogP contribution in [0, 0.1) is 5.92 Å². The van der Waals surface area contributed by atoms with Crippen molar-refractivity contribution in [3.63, 3.8) is 0 Å². The van der Waals surface area contributed by atoms with Crippen molar-refractivity contribution in [2.75, 3.05) is 13.1 Å². The van der Waals surface area contributed by atoms with Crippen molar-refractivity contribution in [2.24, 2.45) is 5.92 Å². The minimum atomic E-state index is -3.76. The van der Waals surface area contributed by atoms with E-state index in [0.29, 0.717) is 24.9 Å². The molecule has 1 saturated heterocycles. The Balaban J connectivity index is 1.53. The number of hydrogen-bond acceptors (Lipinski definition) is 6. The molecule has 1 aliphatic carbocycles. The highest BCUT2D eigenvalue weighted by Gasteiger charge is 2.35. The van der Waals surface area contributed by atoms with Crippen molar-refractivity contribution >= 4 is 27.0 Å². The van der Waals surface area contributed by atoms with Crippen molar-refractivity contribution in [1.82, 2.24) is 19.9 Å². The Morgan fingerprint density at radius 1 is 1.15 bits per heavy atom. The van der Waals surface area contributed by atoms with Gasteiger partial charge in [0.05, 0.1) is 5.92 Å². The van der Waals surface area contributed by atoms with Crippen molar-refractivity contribution < 1.29 is 17.8 Å². The van der Waals surface area contributed by atoms with Crippen LogP contribution in [0.15, 0.2) is 27.7 Å². The van der Waals surface area contributed by atoms with Gasteiger partial charge < -0.3 is 5.32 Å². The van der Waals surface area contributed by atoms with Gasteiger partial charge in [0, 0.05) is 19.1 Å². The second kappa shape index (κ2) is 6.96. The molecule has 1 unspecified atom stereocenters. The molecule has 1 aliphatic heterocycles. The number of benzene rings is 1. The molecule has 2 aromatic rings. The van der Waals surface area contributed by atoms with E-state index in [1.165, 1.54) is 10.4 Å². The second-order valence-corrected chi connectivity index (χ2v) is 8.99. The number of amides is 1. The van der Waals surface area contributed by atoms with Crippen molar-refractivity contribution in [2.45, 2.75) is 49.5 Å². The van der Waals surface area contributed by atoms with Gasteiger partial charge in [0.25, 0.3) is 0 Å². The third-order valence-electron chi connectivity index (χ3n) is 5.32. The Labute approximate surface area is 151 Å². The summed E-state index contributed by atoms with van der Waals surface area (Å²) in [6.07, 6.45) is 5.69. The van der Waals surface area contributed by atoms with Crippen LogP contribution in [0.1, 0.15) is 38.5 Å². The molecule has 0 spiro atoms. The van der Waals surface area contributed by atoms with Gasteiger partial charge in [-0.3, -0.25) is 4.79 Å². The lowest BCUT2D eigenvalue weighted by Crippen LogP contribution is -2.47. The molecule has 9 heteroatoms. The average molecular weight is 378 g/mol. The Morgan fingerprint density at radius 2 is 1.96 bits per heavy atom. The number of fused-ring (bicyclic) bond motifs is 1. The van der Waals surface area contributed by atoms with Crippen molar-refractivity contribution in [3.8, 4) is 0 Å². The highest BCUT2D eigenvalue weighted by molar-refractivity contribution is 7.89. The summed E-state index contributed by atoms with van der Waals surface area (Å²) >= 11 is 0. The normalized spacial score (nSPS) is 22.7. The van der Waals surface area contributed by atoms with E-state index in [-0.39, 0.29) is 34.8 Å². The van der Waals surface area contributed by atoms with Gasteiger partial charge in [-0.1, -0.05) is 18.9 Å². The fourth-order valence-electron chi connectivity index (χ4n) is 3.89. The van der Waals surface area contributed by atoms with E-state index in [1.54, 1.807) is 12.1 Å². The van der Waals surface area contributed by atoms with Gasteiger partial charge in [0.15, 0.2) is 5.52 Å². The van der Waals surface area contributed by atoms with E-state index in [9.17, 15) is 13.2 Å². The summed E-state index contributed by atoms with van der Waals surface area (Å²) in [7, 11) is -3.76. The molecule has 0 bridgehead atoms. The summed E-state index contributed by atoms with van der Waals surface area (Å²) in [5.74, 6) is -0.341. The Hall–Kier alpha value is -2.00. The van der Waals surface area contributed by atoms with Gasteiger partial charge in [-0.25, -0.2) is 13.0 Å². The van der Waals surface area contributed by atoms with Crippen LogP contribution < -0.4 is 5.32 Å². The van der Waals surface area contributed by atoms with Gasteiger partial charge in [-0.05, 0) is 48.1 Å². The zero-order valence-electron chi connectivity index (χ0n) is 14.4. The van der Waals surface area contributed by atoms with E-state index >= 15 is 0 Å². The summed E-state index contributed by atoms with van der Waals surface area (Å²) in [5.41, 5.74) is 0.628. The van der Waals surface area contributed by atoms with Crippen LogP contribution in [-0.2, 0) is 14.8 Å². The number of sulfonamides is 1. The Bertz CT molecular complexity index is 904. The van der Waals surface area contributed by atoms with Crippen LogP contribution in [0.3, 0.4) is 0 Å². The monoisotopic (exact) mass is 378 g/mol. The minimum Gasteiger partial charge on any atom is -0.353 e. The fourth-order valence-corrected chi connectivity index (χ4v) is 5.55. The van der Waals surface area contributed by atoms with Gasteiger partial charge in [-0.15, -0.1) is 0 Å². The summed E-state index contributed by atoms with van der Waals surface area (Å²) < 4.78 is 32.3. The maximum absolute atomic E-state index is 13.1. The van der Waals surface area contributed by atoms with Crippen LogP contribution >= 0.6 is 0 Å². The van der Waals surface area contributed by atoms with E-state index in [1.807, 2.05) is 0 Å². The molecule has 1 aromatic carbocycles. The maximum Gasteiger partial charge on any atom is 0.245 e. The first kappa shape index (κ1) is 17.4. The molecule has 1 amide bonds. The molecule has 4 rings (SSSR count). The largest absolute Gasteiger partial charge is 0.353 e. The summed E-state index contributed by atoms with van der Waals surface area (Å²) in [6.45, 7) is 0.597.